The number of aromatic nitrogens is 6. The van der Waals surface area contributed by atoms with Gasteiger partial charge in [0.15, 0.2) is 5.69 Å². The Labute approximate surface area is 238 Å². The van der Waals surface area contributed by atoms with Crippen LogP contribution in [0.1, 0.15) is 67.1 Å². The van der Waals surface area contributed by atoms with Gasteiger partial charge in [0, 0.05) is 48.3 Å². The lowest BCUT2D eigenvalue weighted by molar-refractivity contribution is 0.0577. The van der Waals surface area contributed by atoms with Gasteiger partial charge in [-0.1, -0.05) is 11.3 Å². The summed E-state index contributed by atoms with van der Waals surface area (Å²) in [5.41, 5.74) is 3.01. The zero-order valence-corrected chi connectivity index (χ0v) is 24.2. The van der Waals surface area contributed by atoms with Crippen LogP contribution in [0.3, 0.4) is 0 Å². The van der Waals surface area contributed by atoms with Crippen molar-refractivity contribution in [3.05, 3.63) is 59.9 Å². The lowest BCUT2D eigenvalue weighted by Gasteiger charge is -2.31. The molecule has 12 nitrogen and oxygen atoms in total. The van der Waals surface area contributed by atoms with Gasteiger partial charge >= 0.3 is 0 Å². The van der Waals surface area contributed by atoms with Crippen LogP contribution in [-0.4, -0.2) is 82.2 Å². The van der Waals surface area contributed by atoms with Crippen LogP contribution >= 0.6 is 0 Å². The molecular formula is C29H37N9O3. The van der Waals surface area contributed by atoms with Crippen molar-refractivity contribution in [3.63, 3.8) is 0 Å². The minimum Gasteiger partial charge on any atom is -0.389 e. The molecule has 0 radical (unpaired) electrons. The number of aliphatic hydroxyl groups is 1. The number of carbonyl (C=O) groups excluding carboxylic acids is 2. The summed E-state index contributed by atoms with van der Waals surface area (Å²) >= 11 is 0. The summed E-state index contributed by atoms with van der Waals surface area (Å²) in [5, 5.41) is 28.4. The maximum atomic E-state index is 13.2. The minimum absolute atomic E-state index is 0.150. The number of amides is 2. The van der Waals surface area contributed by atoms with Gasteiger partial charge in [0.05, 0.1) is 40.8 Å². The zero-order chi connectivity index (χ0) is 29.4. The lowest BCUT2D eigenvalue weighted by Crippen LogP contribution is -2.43. The molecule has 0 bridgehead atoms. The van der Waals surface area contributed by atoms with E-state index in [1.807, 2.05) is 12.3 Å². The van der Waals surface area contributed by atoms with Crippen LogP contribution in [0.15, 0.2) is 43.0 Å². The van der Waals surface area contributed by atoms with Gasteiger partial charge in [0.2, 0.25) is 0 Å². The van der Waals surface area contributed by atoms with E-state index >= 15 is 0 Å². The van der Waals surface area contributed by atoms with E-state index in [0.29, 0.717) is 35.6 Å². The van der Waals surface area contributed by atoms with E-state index in [4.69, 9.17) is 0 Å². The summed E-state index contributed by atoms with van der Waals surface area (Å²) in [6.07, 6.45) is 9.17. The number of fused-ring (bicyclic) bond motifs is 1. The van der Waals surface area contributed by atoms with Gasteiger partial charge < -0.3 is 15.7 Å². The second-order valence-corrected chi connectivity index (χ2v) is 11.9. The third-order valence-electron chi connectivity index (χ3n) is 7.48. The largest absolute Gasteiger partial charge is 0.389 e. The first-order chi connectivity index (χ1) is 19.4. The van der Waals surface area contributed by atoms with Crippen LogP contribution in [0.25, 0.3) is 16.6 Å². The fourth-order valence-corrected chi connectivity index (χ4v) is 5.17. The maximum absolute atomic E-state index is 13.2. The molecule has 1 fully saturated rings. The molecule has 5 rings (SSSR count). The molecule has 4 aromatic rings. The molecule has 0 aromatic carbocycles. The summed E-state index contributed by atoms with van der Waals surface area (Å²) in [7, 11) is 0. The highest BCUT2D eigenvalue weighted by Gasteiger charge is 2.31. The minimum atomic E-state index is -0.886. The Balaban J connectivity index is 1.26. The van der Waals surface area contributed by atoms with Gasteiger partial charge in [-0.2, -0.15) is 5.10 Å². The van der Waals surface area contributed by atoms with Gasteiger partial charge in [-0.05, 0) is 66.1 Å². The molecule has 4 aromatic heterocycles. The van der Waals surface area contributed by atoms with E-state index in [2.05, 4.69) is 49.8 Å². The van der Waals surface area contributed by atoms with Crippen LogP contribution < -0.4 is 10.6 Å². The third kappa shape index (κ3) is 6.44. The number of anilines is 1. The highest BCUT2D eigenvalue weighted by atomic mass is 16.3. The number of pyridine rings is 2. The quantitative estimate of drug-likeness (QED) is 0.284. The third-order valence-corrected chi connectivity index (χ3v) is 7.48. The molecule has 3 N–H and O–H groups in total. The second-order valence-electron chi connectivity index (χ2n) is 11.9. The second kappa shape index (κ2) is 11.0. The van der Waals surface area contributed by atoms with E-state index in [-0.39, 0.29) is 17.1 Å². The van der Waals surface area contributed by atoms with Crippen molar-refractivity contribution in [2.75, 3.05) is 25.0 Å². The Morgan fingerprint density at radius 3 is 2.66 bits per heavy atom. The van der Waals surface area contributed by atoms with Crippen LogP contribution in [-0.2, 0) is 6.54 Å². The smallest absolute Gasteiger partial charge is 0.278 e. The van der Waals surface area contributed by atoms with E-state index in [1.54, 1.807) is 50.0 Å². The van der Waals surface area contributed by atoms with E-state index in [9.17, 15) is 14.7 Å². The summed E-state index contributed by atoms with van der Waals surface area (Å²) in [5.74, 6) is -0.693. The van der Waals surface area contributed by atoms with Crippen LogP contribution in [0.2, 0.25) is 0 Å². The molecule has 216 valence electrons. The first-order valence-corrected chi connectivity index (χ1v) is 13.8. The van der Waals surface area contributed by atoms with Crippen molar-refractivity contribution >= 4 is 23.0 Å². The molecule has 2 amide bonds. The summed E-state index contributed by atoms with van der Waals surface area (Å²) in [4.78, 5) is 32.7. The number of likely N-dealkylation sites (tertiary alicyclic amines) is 1. The maximum Gasteiger partial charge on any atom is 0.278 e. The number of aryl methyl sites for hydroxylation is 1. The van der Waals surface area contributed by atoms with Crippen molar-refractivity contribution in [1.82, 2.24) is 39.8 Å². The van der Waals surface area contributed by atoms with E-state index in [0.717, 1.165) is 30.6 Å². The Hall–Kier alpha value is -4.16. The first-order valence-electron chi connectivity index (χ1n) is 13.8. The molecule has 0 atom stereocenters. The van der Waals surface area contributed by atoms with Gasteiger partial charge in [-0.3, -0.25) is 24.2 Å². The van der Waals surface area contributed by atoms with E-state index < -0.39 is 11.5 Å². The Kier molecular flexibility index (Phi) is 7.62. The Morgan fingerprint density at radius 1 is 1.12 bits per heavy atom. The average molecular weight is 560 g/mol. The molecule has 0 aliphatic carbocycles. The molecule has 1 saturated heterocycles. The summed E-state index contributed by atoms with van der Waals surface area (Å²) in [6.45, 7) is 12.4. The van der Waals surface area contributed by atoms with Crippen molar-refractivity contribution < 1.29 is 14.7 Å². The summed E-state index contributed by atoms with van der Waals surface area (Å²) in [6, 6.07) is 5.26. The van der Waals surface area contributed by atoms with Crippen molar-refractivity contribution in [1.29, 1.82) is 0 Å². The number of hydrogen-bond acceptors (Lipinski definition) is 8. The van der Waals surface area contributed by atoms with Crippen LogP contribution in [0.4, 0.5) is 5.69 Å². The molecule has 1 aliphatic rings. The Morgan fingerprint density at radius 2 is 1.93 bits per heavy atom. The monoisotopic (exact) mass is 559 g/mol. The zero-order valence-electron chi connectivity index (χ0n) is 24.2. The van der Waals surface area contributed by atoms with Crippen LogP contribution in [0, 0.1) is 6.92 Å². The fraction of sp³-hybridized carbons (Fsp3) is 0.448. The molecule has 5 heterocycles. The standard InChI is InChI=1S/C29H37N9O3/c1-19-23(13-21(14-31-19)26(39)30-10-12-36-11-6-9-28(36,2)3)33-27(40)25-24-8-7-20(17-38(24)35-34-25)22-15-32-37(16-22)18-29(4,5)41/h7-8,13-17,41H,6,9-12,18H2,1-5H3,(H,30,39)(H,33,40). The molecule has 12 heteroatoms. The summed E-state index contributed by atoms with van der Waals surface area (Å²) < 4.78 is 3.22. The molecule has 0 spiro atoms. The van der Waals surface area contributed by atoms with Gasteiger partial charge in [0.25, 0.3) is 11.8 Å². The Bertz CT molecular complexity index is 1580. The average Bonchev–Trinajstić information content (AvgIpc) is 3.62. The molecular weight excluding hydrogens is 522 g/mol. The van der Waals surface area contributed by atoms with E-state index in [1.165, 1.54) is 17.1 Å². The van der Waals surface area contributed by atoms with Crippen molar-refractivity contribution in [2.24, 2.45) is 0 Å². The van der Waals surface area contributed by atoms with Gasteiger partial charge in [0.1, 0.15) is 0 Å². The predicted molar refractivity (Wildman–Crippen MR) is 155 cm³/mol. The molecule has 41 heavy (non-hydrogen) atoms. The normalized spacial score (nSPS) is 15.4. The number of carbonyl (C=O) groups is 2. The number of hydrogen-bond donors (Lipinski definition) is 3. The first kappa shape index (κ1) is 28.4. The number of nitrogens with one attached hydrogen (secondary N) is 2. The molecule has 0 saturated carbocycles. The highest BCUT2D eigenvalue weighted by molar-refractivity contribution is 6.08. The topological polar surface area (TPSA) is 143 Å². The fourth-order valence-electron chi connectivity index (χ4n) is 5.17. The van der Waals surface area contributed by atoms with Gasteiger partial charge in [-0.15, -0.1) is 5.10 Å². The SMILES string of the molecule is Cc1ncc(C(=O)NCCN2CCCC2(C)C)cc1NC(=O)c1nnn2cc(-c3cnn(CC(C)(C)O)c3)ccc12. The van der Waals surface area contributed by atoms with Crippen molar-refractivity contribution in [2.45, 2.75) is 65.1 Å². The predicted octanol–water partition coefficient (Wildman–Crippen LogP) is 2.92. The van der Waals surface area contributed by atoms with Crippen molar-refractivity contribution in [3.8, 4) is 11.1 Å². The molecule has 0 unspecified atom stereocenters. The lowest BCUT2D eigenvalue weighted by atomic mass is 10.0. The van der Waals surface area contributed by atoms with Gasteiger partial charge in [-0.25, -0.2) is 4.52 Å². The number of rotatable bonds is 9. The number of nitrogens with zero attached hydrogens (tertiary/aromatic N) is 7. The molecule has 1 aliphatic heterocycles. The van der Waals surface area contributed by atoms with Crippen LogP contribution in [0.5, 0.6) is 0 Å². The highest BCUT2D eigenvalue weighted by Crippen LogP contribution is 2.27.